The molecule has 0 fully saturated rings. The third-order valence-electron chi connectivity index (χ3n) is 4.11. The van der Waals surface area contributed by atoms with Crippen LogP contribution in [0.4, 0.5) is 15.3 Å². The summed E-state index contributed by atoms with van der Waals surface area (Å²) in [7, 11) is 0. The van der Waals surface area contributed by atoms with Crippen LogP contribution in [-0.2, 0) is 11.3 Å². The van der Waals surface area contributed by atoms with Crippen molar-refractivity contribution in [2.75, 3.05) is 13.1 Å². The maximum atomic E-state index is 11.7. The van der Waals surface area contributed by atoms with E-state index in [1.165, 1.54) is 24.3 Å². The molecule has 9 nitrogen and oxygen atoms in total. The van der Waals surface area contributed by atoms with Gasteiger partial charge in [0.25, 0.3) is 5.69 Å². The van der Waals surface area contributed by atoms with Gasteiger partial charge in [-0.3, -0.25) is 10.1 Å². The molecule has 0 unspecified atom stereocenters. The standard InChI is InChI=1S/C21H25N3O6/c25-20(29-16-17-8-4-3-5-9-17)22-14-6-1-2-7-15-23-21(26)30-19-12-10-18(11-13-19)24(27)28/h3-5,8-13H,1-2,6-7,14-16H2,(H,22,25)(H,23,26). The molecule has 0 aliphatic rings. The smallest absolute Gasteiger partial charge is 0.412 e. The van der Waals surface area contributed by atoms with Gasteiger partial charge in [-0.15, -0.1) is 0 Å². The van der Waals surface area contributed by atoms with Crippen LogP contribution in [0.25, 0.3) is 0 Å². The average Bonchev–Trinajstić information content (AvgIpc) is 2.75. The summed E-state index contributed by atoms with van der Waals surface area (Å²) in [5.74, 6) is 0.239. The number of carbonyl (C=O) groups is 2. The first kappa shape index (κ1) is 22.7. The highest BCUT2D eigenvalue weighted by atomic mass is 16.6. The summed E-state index contributed by atoms with van der Waals surface area (Å²) in [4.78, 5) is 33.3. The Morgan fingerprint density at radius 1 is 0.833 bits per heavy atom. The number of unbranched alkanes of at least 4 members (excludes halogenated alkanes) is 3. The van der Waals surface area contributed by atoms with Crippen molar-refractivity contribution >= 4 is 17.9 Å². The highest BCUT2D eigenvalue weighted by molar-refractivity contribution is 5.70. The van der Waals surface area contributed by atoms with Gasteiger partial charge in [0.2, 0.25) is 0 Å². The van der Waals surface area contributed by atoms with Gasteiger partial charge in [0, 0.05) is 25.2 Å². The zero-order valence-corrected chi connectivity index (χ0v) is 16.5. The van der Waals surface area contributed by atoms with Crippen molar-refractivity contribution in [3.63, 3.8) is 0 Å². The molecule has 2 rings (SSSR count). The molecule has 2 aromatic carbocycles. The van der Waals surface area contributed by atoms with Gasteiger partial charge >= 0.3 is 12.2 Å². The summed E-state index contributed by atoms with van der Waals surface area (Å²) in [6, 6.07) is 14.8. The molecule has 2 N–H and O–H groups in total. The Balaban J connectivity index is 1.45. The van der Waals surface area contributed by atoms with Gasteiger partial charge in [-0.2, -0.15) is 0 Å². The molecule has 160 valence electrons. The summed E-state index contributed by atoms with van der Waals surface area (Å²) in [5.41, 5.74) is 0.869. The van der Waals surface area contributed by atoms with Crippen molar-refractivity contribution in [3.8, 4) is 5.75 Å². The summed E-state index contributed by atoms with van der Waals surface area (Å²) < 4.78 is 10.2. The van der Waals surface area contributed by atoms with E-state index in [1.807, 2.05) is 30.3 Å². The summed E-state index contributed by atoms with van der Waals surface area (Å²) in [6.45, 7) is 1.23. The fourth-order valence-corrected chi connectivity index (χ4v) is 2.54. The van der Waals surface area contributed by atoms with Crippen molar-refractivity contribution in [2.24, 2.45) is 0 Å². The van der Waals surface area contributed by atoms with Crippen LogP contribution >= 0.6 is 0 Å². The first-order valence-corrected chi connectivity index (χ1v) is 9.69. The van der Waals surface area contributed by atoms with Crippen LogP contribution in [0.1, 0.15) is 31.2 Å². The van der Waals surface area contributed by atoms with Gasteiger partial charge in [0.1, 0.15) is 12.4 Å². The fraction of sp³-hybridized carbons (Fsp3) is 0.333. The van der Waals surface area contributed by atoms with Crippen molar-refractivity contribution in [1.29, 1.82) is 0 Å². The van der Waals surface area contributed by atoms with Crippen LogP contribution in [0.2, 0.25) is 0 Å². The molecule has 0 saturated heterocycles. The lowest BCUT2D eigenvalue weighted by Gasteiger charge is -2.08. The summed E-state index contributed by atoms with van der Waals surface area (Å²) in [6.07, 6.45) is 2.33. The predicted molar refractivity (Wildman–Crippen MR) is 110 cm³/mol. The Kier molecular flexibility index (Phi) is 9.64. The zero-order valence-electron chi connectivity index (χ0n) is 16.5. The Bertz CT molecular complexity index is 811. The Morgan fingerprint density at radius 3 is 2.03 bits per heavy atom. The number of nitro benzene ring substituents is 1. The number of nitro groups is 1. The molecule has 0 aromatic heterocycles. The van der Waals surface area contributed by atoms with E-state index < -0.39 is 17.1 Å². The van der Waals surface area contributed by atoms with Crippen molar-refractivity contribution in [1.82, 2.24) is 10.6 Å². The van der Waals surface area contributed by atoms with Crippen LogP contribution < -0.4 is 15.4 Å². The van der Waals surface area contributed by atoms with Crippen LogP contribution in [-0.4, -0.2) is 30.2 Å². The highest BCUT2D eigenvalue weighted by Crippen LogP contribution is 2.17. The quantitative estimate of drug-likeness (QED) is 0.323. The van der Waals surface area contributed by atoms with Gasteiger partial charge < -0.3 is 20.1 Å². The number of rotatable bonds is 11. The second-order valence-electron chi connectivity index (χ2n) is 6.47. The van der Waals surface area contributed by atoms with Gasteiger partial charge in [-0.1, -0.05) is 43.2 Å². The first-order valence-electron chi connectivity index (χ1n) is 9.69. The zero-order chi connectivity index (χ0) is 21.6. The molecular formula is C21H25N3O6. The van der Waals surface area contributed by atoms with Gasteiger partial charge in [-0.25, -0.2) is 9.59 Å². The lowest BCUT2D eigenvalue weighted by atomic mass is 10.2. The predicted octanol–water partition coefficient (Wildman–Crippen LogP) is 4.17. The molecule has 0 aliphatic carbocycles. The molecule has 9 heteroatoms. The van der Waals surface area contributed by atoms with E-state index in [9.17, 15) is 19.7 Å². The number of alkyl carbamates (subject to hydrolysis) is 1. The molecule has 0 bridgehead atoms. The number of hydrogen-bond acceptors (Lipinski definition) is 6. The minimum atomic E-state index is -0.605. The maximum Gasteiger partial charge on any atom is 0.412 e. The van der Waals surface area contributed by atoms with Crippen LogP contribution in [0.3, 0.4) is 0 Å². The molecule has 0 saturated carbocycles. The SMILES string of the molecule is O=C(NCCCCCCNC(=O)Oc1ccc([N+](=O)[O-])cc1)OCc1ccccc1. The molecular weight excluding hydrogens is 390 g/mol. The summed E-state index contributed by atoms with van der Waals surface area (Å²) in [5, 5.41) is 15.9. The van der Waals surface area contributed by atoms with Crippen molar-refractivity contribution in [3.05, 3.63) is 70.3 Å². The lowest BCUT2D eigenvalue weighted by Crippen LogP contribution is -2.27. The van der Waals surface area contributed by atoms with E-state index in [1.54, 1.807) is 0 Å². The molecule has 2 aromatic rings. The second-order valence-corrected chi connectivity index (χ2v) is 6.47. The Hall–Kier alpha value is -3.62. The Labute approximate surface area is 174 Å². The van der Waals surface area contributed by atoms with Crippen molar-refractivity contribution in [2.45, 2.75) is 32.3 Å². The number of non-ortho nitro benzene ring substituents is 1. The average molecular weight is 415 g/mol. The van der Waals surface area contributed by atoms with Gasteiger partial charge in [0.05, 0.1) is 4.92 Å². The van der Waals surface area contributed by atoms with Crippen LogP contribution in [0.15, 0.2) is 54.6 Å². The number of carbonyl (C=O) groups excluding carboxylic acids is 2. The van der Waals surface area contributed by atoms with E-state index in [-0.39, 0.29) is 18.0 Å². The normalized spacial score (nSPS) is 10.1. The van der Waals surface area contributed by atoms with Gasteiger partial charge in [-0.05, 0) is 30.5 Å². The Morgan fingerprint density at radius 2 is 1.43 bits per heavy atom. The number of nitrogens with one attached hydrogen (secondary N) is 2. The number of ether oxygens (including phenoxy) is 2. The first-order chi connectivity index (χ1) is 14.5. The van der Waals surface area contributed by atoms with Crippen molar-refractivity contribution < 1.29 is 24.0 Å². The largest absolute Gasteiger partial charge is 0.445 e. The minimum absolute atomic E-state index is 0.0679. The second kappa shape index (κ2) is 12.8. The molecule has 0 aliphatic heterocycles. The van der Waals surface area contributed by atoms with Crippen LogP contribution in [0, 0.1) is 10.1 Å². The fourth-order valence-electron chi connectivity index (χ4n) is 2.54. The molecule has 2 amide bonds. The van der Waals surface area contributed by atoms with E-state index in [4.69, 9.17) is 9.47 Å². The van der Waals surface area contributed by atoms with E-state index in [0.29, 0.717) is 13.1 Å². The third-order valence-corrected chi connectivity index (χ3v) is 4.11. The molecule has 0 radical (unpaired) electrons. The van der Waals surface area contributed by atoms with Crippen LogP contribution in [0.5, 0.6) is 5.75 Å². The monoisotopic (exact) mass is 415 g/mol. The lowest BCUT2D eigenvalue weighted by molar-refractivity contribution is -0.384. The molecule has 0 heterocycles. The summed E-state index contributed by atoms with van der Waals surface area (Å²) >= 11 is 0. The minimum Gasteiger partial charge on any atom is -0.445 e. The van der Waals surface area contributed by atoms with E-state index in [2.05, 4.69) is 10.6 Å². The maximum absolute atomic E-state index is 11.7. The third kappa shape index (κ3) is 9.05. The van der Waals surface area contributed by atoms with E-state index >= 15 is 0 Å². The molecule has 30 heavy (non-hydrogen) atoms. The van der Waals surface area contributed by atoms with E-state index in [0.717, 1.165) is 31.2 Å². The number of hydrogen-bond donors (Lipinski definition) is 2. The topological polar surface area (TPSA) is 120 Å². The van der Waals surface area contributed by atoms with Gasteiger partial charge in [0.15, 0.2) is 0 Å². The highest BCUT2D eigenvalue weighted by Gasteiger charge is 2.07. The molecule has 0 spiro atoms. The number of nitrogens with zero attached hydrogens (tertiary/aromatic N) is 1. The number of amides is 2. The molecule has 0 atom stereocenters. The number of benzene rings is 2.